The van der Waals surface area contributed by atoms with Gasteiger partial charge in [-0.25, -0.2) is 0 Å². The van der Waals surface area contributed by atoms with Crippen LogP contribution in [-0.2, 0) is 21.4 Å². The summed E-state index contributed by atoms with van der Waals surface area (Å²) in [5.74, 6) is 1.75. The summed E-state index contributed by atoms with van der Waals surface area (Å²) in [6, 6.07) is 17.3. The maximum atomic E-state index is 14.3. The number of hydrogen-bond donors (Lipinski definition) is 0. The number of furan rings is 1. The number of nitrogens with zero attached hydrogens (tertiary/aromatic N) is 1. The first-order valence-electron chi connectivity index (χ1n) is 12.7. The Morgan fingerprint density at radius 2 is 1.76 bits per heavy atom. The molecule has 2 unspecified atom stereocenters. The quantitative estimate of drug-likeness (QED) is 0.505. The van der Waals surface area contributed by atoms with Crippen LogP contribution in [0.25, 0.3) is 11.0 Å². The van der Waals surface area contributed by atoms with Crippen molar-refractivity contribution >= 4 is 16.9 Å². The molecule has 0 N–H and O–H groups in total. The molecule has 178 valence electrons. The molecule has 2 bridgehead atoms. The highest BCUT2D eigenvalue weighted by molar-refractivity contribution is 5.89. The molecule has 3 aliphatic rings. The zero-order valence-electron chi connectivity index (χ0n) is 19.9. The van der Waals surface area contributed by atoms with Crippen molar-refractivity contribution in [1.82, 2.24) is 4.90 Å². The van der Waals surface area contributed by atoms with E-state index in [9.17, 15) is 4.79 Å². The maximum Gasteiger partial charge on any atom is 0.233 e. The average Bonchev–Trinajstić information content (AvgIpc) is 3.47. The first-order chi connectivity index (χ1) is 16.7. The lowest BCUT2D eigenvalue weighted by Gasteiger charge is -2.46. The number of piperidine rings is 1. The van der Waals surface area contributed by atoms with Gasteiger partial charge in [0.1, 0.15) is 11.3 Å². The van der Waals surface area contributed by atoms with E-state index < -0.39 is 5.41 Å². The first kappa shape index (κ1) is 21.7. The topological polar surface area (TPSA) is 51.9 Å². The number of hydrogen-bond acceptors (Lipinski definition) is 4. The molecule has 5 heteroatoms. The van der Waals surface area contributed by atoms with Crippen molar-refractivity contribution in [1.29, 1.82) is 0 Å². The van der Waals surface area contributed by atoms with Crippen LogP contribution in [0.1, 0.15) is 49.7 Å². The van der Waals surface area contributed by atoms with Crippen molar-refractivity contribution in [3.05, 3.63) is 65.9 Å². The minimum Gasteiger partial charge on any atom is -0.497 e. The SMILES string of the molecule is COc1ccc(C2(C(=O)N3C4CCC3CC(Cc3cccc5occc35)C4)CCOCC2)cc1. The summed E-state index contributed by atoms with van der Waals surface area (Å²) < 4.78 is 16.7. The Labute approximate surface area is 201 Å². The molecule has 3 fully saturated rings. The zero-order chi connectivity index (χ0) is 23.1. The van der Waals surface area contributed by atoms with E-state index >= 15 is 0 Å². The number of ether oxygens (including phenoxy) is 2. The lowest BCUT2D eigenvalue weighted by molar-refractivity contribution is -0.146. The Kier molecular flexibility index (Phi) is 5.60. The molecule has 6 rings (SSSR count). The number of rotatable bonds is 5. The lowest BCUT2D eigenvalue weighted by atomic mass is 9.72. The van der Waals surface area contributed by atoms with E-state index in [1.165, 1.54) is 10.9 Å². The van der Waals surface area contributed by atoms with Crippen LogP contribution in [0, 0.1) is 5.92 Å². The molecule has 34 heavy (non-hydrogen) atoms. The fraction of sp³-hybridized carbons (Fsp3) is 0.483. The third kappa shape index (κ3) is 3.61. The molecule has 0 spiro atoms. The van der Waals surface area contributed by atoms with E-state index in [1.54, 1.807) is 13.4 Å². The average molecular weight is 460 g/mol. The zero-order valence-corrected chi connectivity index (χ0v) is 19.9. The summed E-state index contributed by atoms with van der Waals surface area (Å²) >= 11 is 0. The molecule has 3 aliphatic heterocycles. The van der Waals surface area contributed by atoms with E-state index in [-0.39, 0.29) is 0 Å². The fourth-order valence-electron chi connectivity index (χ4n) is 6.84. The van der Waals surface area contributed by atoms with Gasteiger partial charge in [-0.05, 0) is 86.3 Å². The van der Waals surface area contributed by atoms with Gasteiger partial charge in [-0.2, -0.15) is 0 Å². The second kappa shape index (κ2) is 8.77. The van der Waals surface area contributed by atoms with Gasteiger partial charge in [0.15, 0.2) is 0 Å². The monoisotopic (exact) mass is 459 g/mol. The van der Waals surface area contributed by atoms with Crippen LogP contribution in [0.4, 0.5) is 0 Å². The van der Waals surface area contributed by atoms with Gasteiger partial charge in [-0.1, -0.05) is 24.3 Å². The summed E-state index contributed by atoms with van der Waals surface area (Å²) in [5, 5.41) is 1.23. The van der Waals surface area contributed by atoms with Crippen LogP contribution in [0.5, 0.6) is 5.75 Å². The normalized spacial score (nSPS) is 26.0. The highest BCUT2D eigenvalue weighted by atomic mass is 16.5. The molecule has 2 atom stereocenters. The van der Waals surface area contributed by atoms with Crippen LogP contribution in [0.3, 0.4) is 0 Å². The van der Waals surface area contributed by atoms with Crippen molar-refractivity contribution < 1.29 is 18.7 Å². The standard InChI is InChI=1S/C29H33NO4/c1-32-25-9-5-22(6-10-25)29(12-15-33-16-13-29)28(31)30-23-7-8-24(30)19-20(18-23)17-21-3-2-4-27-26(21)11-14-34-27/h2-6,9-11,14,20,23-24H,7-8,12-13,15-19H2,1H3. The van der Waals surface area contributed by atoms with Gasteiger partial charge < -0.3 is 18.8 Å². The molecule has 1 amide bonds. The van der Waals surface area contributed by atoms with Gasteiger partial charge in [0, 0.05) is 30.7 Å². The van der Waals surface area contributed by atoms with Gasteiger partial charge in [0.05, 0.1) is 18.8 Å². The number of benzene rings is 2. The van der Waals surface area contributed by atoms with E-state index in [0.717, 1.165) is 61.8 Å². The molecular weight excluding hydrogens is 426 g/mol. The lowest BCUT2D eigenvalue weighted by Crippen LogP contribution is -2.56. The van der Waals surface area contributed by atoms with E-state index in [0.29, 0.717) is 37.1 Å². The fourth-order valence-corrected chi connectivity index (χ4v) is 6.84. The number of carbonyl (C=O) groups is 1. The van der Waals surface area contributed by atoms with Gasteiger partial charge in [-0.3, -0.25) is 4.79 Å². The summed E-state index contributed by atoms with van der Waals surface area (Å²) in [6.45, 7) is 1.27. The van der Waals surface area contributed by atoms with Gasteiger partial charge in [0.2, 0.25) is 5.91 Å². The van der Waals surface area contributed by atoms with Crippen molar-refractivity contribution in [2.24, 2.45) is 5.92 Å². The van der Waals surface area contributed by atoms with Crippen molar-refractivity contribution in [3.63, 3.8) is 0 Å². The second-order valence-electron chi connectivity index (χ2n) is 10.3. The minimum atomic E-state index is -0.486. The Bertz CT molecular complexity index is 1150. The molecule has 1 aromatic heterocycles. The van der Waals surface area contributed by atoms with Crippen molar-refractivity contribution in [2.75, 3.05) is 20.3 Å². The Morgan fingerprint density at radius 1 is 1.03 bits per heavy atom. The third-order valence-corrected chi connectivity index (χ3v) is 8.56. The highest BCUT2D eigenvalue weighted by Gasteiger charge is 2.51. The number of methoxy groups -OCH3 is 1. The first-order valence-corrected chi connectivity index (χ1v) is 12.7. The van der Waals surface area contributed by atoms with Gasteiger partial charge in [0.25, 0.3) is 0 Å². The molecular formula is C29H33NO4. The summed E-state index contributed by atoms with van der Waals surface area (Å²) in [7, 11) is 1.68. The van der Waals surface area contributed by atoms with Crippen LogP contribution < -0.4 is 4.74 Å². The molecule has 3 aromatic rings. The second-order valence-corrected chi connectivity index (χ2v) is 10.3. The molecule has 2 aromatic carbocycles. The van der Waals surface area contributed by atoms with Crippen LogP contribution >= 0.6 is 0 Å². The minimum absolute atomic E-state index is 0.323. The predicted octanol–water partition coefficient (Wildman–Crippen LogP) is 5.50. The molecule has 0 aliphatic carbocycles. The number of amides is 1. The largest absolute Gasteiger partial charge is 0.497 e. The predicted molar refractivity (Wildman–Crippen MR) is 131 cm³/mol. The van der Waals surface area contributed by atoms with Crippen LogP contribution in [0.15, 0.2) is 59.2 Å². The molecule has 0 saturated carbocycles. The van der Waals surface area contributed by atoms with Crippen molar-refractivity contribution in [3.8, 4) is 5.75 Å². The third-order valence-electron chi connectivity index (χ3n) is 8.56. The maximum absolute atomic E-state index is 14.3. The summed E-state index contributed by atoms with van der Waals surface area (Å²) in [6.07, 6.45) is 8.77. The number of carbonyl (C=O) groups excluding carboxylic acids is 1. The smallest absolute Gasteiger partial charge is 0.233 e. The summed E-state index contributed by atoms with van der Waals surface area (Å²) in [4.78, 5) is 16.6. The Hall–Kier alpha value is -2.79. The Balaban J connectivity index is 1.24. The van der Waals surface area contributed by atoms with Crippen LogP contribution in [-0.4, -0.2) is 43.2 Å². The molecule has 3 saturated heterocycles. The van der Waals surface area contributed by atoms with E-state index in [4.69, 9.17) is 13.9 Å². The van der Waals surface area contributed by atoms with E-state index in [2.05, 4.69) is 35.2 Å². The molecule has 5 nitrogen and oxygen atoms in total. The van der Waals surface area contributed by atoms with Crippen LogP contribution in [0.2, 0.25) is 0 Å². The highest BCUT2D eigenvalue weighted by Crippen LogP contribution is 2.45. The Morgan fingerprint density at radius 3 is 2.47 bits per heavy atom. The van der Waals surface area contributed by atoms with E-state index in [1.807, 2.05) is 18.2 Å². The summed E-state index contributed by atoms with van der Waals surface area (Å²) in [5.41, 5.74) is 2.96. The van der Waals surface area contributed by atoms with Gasteiger partial charge in [-0.15, -0.1) is 0 Å². The molecule has 4 heterocycles. The number of fused-ring (bicyclic) bond motifs is 3. The van der Waals surface area contributed by atoms with Crippen molar-refractivity contribution in [2.45, 2.75) is 62.4 Å². The molecule has 0 radical (unpaired) electrons. The van der Waals surface area contributed by atoms with Gasteiger partial charge >= 0.3 is 0 Å².